The third-order valence-corrected chi connectivity index (χ3v) is 4.74. The lowest BCUT2D eigenvalue weighted by molar-refractivity contribution is 0.131. The Morgan fingerprint density at radius 2 is 2.12 bits per heavy atom. The predicted molar refractivity (Wildman–Crippen MR) is 105 cm³/mol. The Kier molecular flexibility index (Phi) is 8.71. The predicted octanol–water partition coefficient (Wildman–Crippen LogP) is 2.19. The fraction of sp³-hybridized carbons (Fsp3) is 0.650. The first kappa shape index (κ1) is 20.5. The second-order valence-corrected chi connectivity index (χ2v) is 6.81. The highest BCUT2D eigenvalue weighted by atomic mass is 16.5. The number of guanidine groups is 1. The number of aliphatic imine (C=N–C) groups is 1. The Morgan fingerprint density at radius 1 is 1.31 bits per heavy atom. The molecule has 0 bridgehead atoms. The normalized spacial score (nSPS) is 21.4. The van der Waals surface area contributed by atoms with Gasteiger partial charge in [0.1, 0.15) is 11.9 Å². The summed E-state index contributed by atoms with van der Waals surface area (Å²) in [6, 6.07) is 9.88. The van der Waals surface area contributed by atoms with Crippen LogP contribution in [-0.4, -0.2) is 56.6 Å². The average Bonchev–Trinajstić information content (AvgIpc) is 3.13. The minimum Gasteiger partial charge on any atom is -0.489 e. The van der Waals surface area contributed by atoms with Gasteiger partial charge in [-0.25, -0.2) is 0 Å². The van der Waals surface area contributed by atoms with Gasteiger partial charge in [-0.05, 0) is 38.3 Å². The molecule has 0 saturated carbocycles. The van der Waals surface area contributed by atoms with Gasteiger partial charge in [0.15, 0.2) is 5.96 Å². The van der Waals surface area contributed by atoms with Crippen LogP contribution in [0.3, 0.4) is 0 Å². The SMILES string of the molecule is CCNC(=NCC1(CCO)CCOC1)NCC(CC)Oc1ccccc1. The average molecular weight is 364 g/mol. The second-order valence-electron chi connectivity index (χ2n) is 6.81. The minimum absolute atomic E-state index is 0.0399. The molecule has 1 aliphatic rings. The number of rotatable bonds is 10. The zero-order valence-electron chi connectivity index (χ0n) is 16.0. The topological polar surface area (TPSA) is 75.1 Å². The molecule has 1 aromatic carbocycles. The van der Waals surface area contributed by atoms with Crippen molar-refractivity contribution in [1.82, 2.24) is 10.6 Å². The van der Waals surface area contributed by atoms with Crippen LogP contribution in [0, 0.1) is 5.41 Å². The van der Waals surface area contributed by atoms with E-state index in [1.165, 1.54) is 0 Å². The summed E-state index contributed by atoms with van der Waals surface area (Å²) in [5, 5.41) is 16.0. The number of aliphatic hydroxyl groups excluding tert-OH is 1. The molecule has 0 radical (unpaired) electrons. The first-order valence-electron chi connectivity index (χ1n) is 9.64. The van der Waals surface area contributed by atoms with Crippen molar-refractivity contribution in [2.45, 2.75) is 39.2 Å². The standard InChI is InChI=1S/C20H33N3O3/c1-3-17(26-18-8-6-5-7-9-18)14-22-19(21-4-2)23-15-20(10-12-24)11-13-25-16-20/h5-9,17,24H,3-4,10-16H2,1-2H3,(H2,21,22,23). The van der Waals surface area contributed by atoms with E-state index in [-0.39, 0.29) is 18.1 Å². The third-order valence-electron chi connectivity index (χ3n) is 4.74. The van der Waals surface area contributed by atoms with Gasteiger partial charge in [-0.3, -0.25) is 4.99 Å². The van der Waals surface area contributed by atoms with Crippen LogP contribution in [0.25, 0.3) is 0 Å². The number of ether oxygens (including phenoxy) is 2. The number of nitrogens with zero attached hydrogens (tertiary/aromatic N) is 1. The van der Waals surface area contributed by atoms with Crippen molar-refractivity contribution in [2.24, 2.45) is 10.4 Å². The molecule has 1 heterocycles. The van der Waals surface area contributed by atoms with Crippen LogP contribution >= 0.6 is 0 Å². The lowest BCUT2D eigenvalue weighted by Crippen LogP contribution is -2.43. The van der Waals surface area contributed by atoms with E-state index in [9.17, 15) is 5.11 Å². The zero-order valence-corrected chi connectivity index (χ0v) is 16.0. The summed E-state index contributed by atoms with van der Waals surface area (Å²) in [4.78, 5) is 4.75. The van der Waals surface area contributed by atoms with Crippen LogP contribution in [0.1, 0.15) is 33.1 Å². The van der Waals surface area contributed by atoms with Crippen LogP contribution in [0.5, 0.6) is 5.75 Å². The molecule has 2 rings (SSSR count). The van der Waals surface area contributed by atoms with Crippen molar-refractivity contribution >= 4 is 5.96 Å². The van der Waals surface area contributed by atoms with Gasteiger partial charge in [0, 0.05) is 25.2 Å². The van der Waals surface area contributed by atoms with Gasteiger partial charge in [-0.15, -0.1) is 0 Å². The van der Waals surface area contributed by atoms with E-state index in [0.29, 0.717) is 19.7 Å². The maximum atomic E-state index is 9.36. The number of para-hydroxylation sites is 1. The highest BCUT2D eigenvalue weighted by Gasteiger charge is 2.34. The third kappa shape index (κ3) is 6.50. The summed E-state index contributed by atoms with van der Waals surface area (Å²) in [6.45, 7) is 7.90. The van der Waals surface area contributed by atoms with Crippen LogP contribution in [-0.2, 0) is 4.74 Å². The number of benzene rings is 1. The quantitative estimate of drug-likeness (QED) is 0.439. The molecule has 1 saturated heterocycles. The number of hydrogen-bond donors (Lipinski definition) is 3. The van der Waals surface area contributed by atoms with Gasteiger partial charge in [-0.2, -0.15) is 0 Å². The molecule has 146 valence electrons. The zero-order chi connectivity index (χ0) is 18.7. The first-order valence-corrected chi connectivity index (χ1v) is 9.64. The molecule has 6 heteroatoms. The second kappa shape index (κ2) is 11.0. The fourth-order valence-corrected chi connectivity index (χ4v) is 3.05. The summed E-state index contributed by atoms with van der Waals surface area (Å²) in [5.74, 6) is 1.67. The van der Waals surface area contributed by atoms with E-state index in [4.69, 9.17) is 14.5 Å². The lowest BCUT2D eigenvalue weighted by Gasteiger charge is -2.25. The molecule has 2 unspecified atom stereocenters. The molecular weight excluding hydrogens is 330 g/mol. The van der Waals surface area contributed by atoms with Crippen LogP contribution in [0.15, 0.2) is 35.3 Å². The van der Waals surface area contributed by atoms with E-state index < -0.39 is 0 Å². The number of aliphatic hydroxyl groups is 1. The molecule has 0 spiro atoms. The molecule has 2 atom stereocenters. The van der Waals surface area contributed by atoms with Crippen molar-refractivity contribution in [3.8, 4) is 5.75 Å². The number of nitrogens with one attached hydrogen (secondary N) is 2. The van der Waals surface area contributed by atoms with Crippen LogP contribution < -0.4 is 15.4 Å². The van der Waals surface area contributed by atoms with E-state index in [1.54, 1.807) is 0 Å². The molecule has 3 N–H and O–H groups in total. The monoisotopic (exact) mass is 363 g/mol. The Hall–Kier alpha value is -1.79. The van der Waals surface area contributed by atoms with Gasteiger partial charge in [0.25, 0.3) is 0 Å². The summed E-state index contributed by atoms with van der Waals surface area (Å²) in [7, 11) is 0. The minimum atomic E-state index is -0.0399. The smallest absolute Gasteiger partial charge is 0.191 e. The van der Waals surface area contributed by atoms with Gasteiger partial charge in [-0.1, -0.05) is 25.1 Å². The van der Waals surface area contributed by atoms with Gasteiger partial charge >= 0.3 is 0 Å². The van der Waals surface area contributed by atoms with Crippen molar-refractivity contribution < 1.29 is 14.6 Å². The van der Waals surface area contributed by atoms with Crippen LogP contribution in [0.2, 0.25) is 0 Å². The molecular formula is C20H33N3O3. The molecule has 1 fully saturated rings. The summed E-state index contributed by atoms with van der Waals surface area (Å²) in [5.41, 5.74) is -0.0399. The molecule has 26 heavy (non-hydrogen) atoms. The van der Waals surface area contributed by atoms with E-state index in [2.05, 4.69) is 24.5 Å². The van der Waals surface area contributed by atoms with Crippen molar-refractivity contribution in [1.29, 1.82) is 0 Å². The maximum Gasteiger partial charge on any atom is 0.191 e. The molecule has 0 aliphatic carbocycles. The Balaban J connectivity index is 1.91. The molecule has 1 aliphatic heterocycles. The summed E-state index contributed by atoms with van der Waals surface area (Å²) >= 11 is 0. The molecule has 6 nitrogen and oxygen atoms in total. The largest absolute Gasteiger partial charge is 0.489 e. The molecule has 0 amide bonds. The van der Waals surface area contributed by atoms with Crippen LogP contribution in [0.4, 0.5) is 0 Å². The highest BCUT2D eigenvalue weighted by Crippen LogP contribution is 2.32. The Morgan fingerprint density at radius 3 is 2.73 bits per heavy atom. The lowest BCUT2D eigenvalue weighted by atomic mass is 9.84. The van der Waals surface area contributed by atoms with E-state index >= 15 is 0 Å². The highest BCUT2D eigenvalue weighted by molar-refractivity contribution is 5.79. The van der Waals surface area contributed by atoms with Crippen molar-refractivity contribution in [3.05, 3.63) is 30.3 Å². The summed E-state index contributed by atoms with van der Waals surface area (Å²) < 4.78 is 11.6. The van der Waals surface area contributed by atoms with E-state index in [1.807, 2.05) is 30.3 Å². The number of hydrogen-bond acceptors (Lipinski definition) is 4. The Labute approximate surface area is 157 Å². The van der Waals surface area contributed by atoms with Gasteiger partial charge < -0.3 is 25.2 Å². The van der Waals surface area contributed by atoms with Gasteiger partial charge in [0.2, 0.25) is 0 Å². The fourth-order valence-electron chi connectivity index (χ4n) is 3.05. The van der Waals surface area contributed by atoms with E-state index in [0.717, 1.165) is 44.1 Å². The van der Waals surface area contributed by atoms with Gasteiger partial charge in [0.05, 0.1) is 19.7 Å². The Bertz CT molecular complexity index is 530. The summed E-state index contributed by atoms with van der Waals surface area (Å²) in [6.07, 6.45) is 2.65. The maximum absolute atomic E-state index is 9.36. The van der Waals surface area contributed by atoms with Crippen molar-refractivity contribution in [2.75, 3.05) is 39.5 Å². The first-order chi connectivity index (χ1) is 12.7. The van der Waals surface area contributed by atoms with Crippen molar-refractivity contribution in [3.63, 3.8) is 0 Å². The molecule has 1 aromatic rings. The molecule has 0 aromatic heterocycles.